The van der Waals surface area contributed by atoms with Gasteiger partial charge >= 0.3 is 0 Å². The first kappa shape index (κ1) is 13.5. The van der Waals surface area contributed by atoms with Crippen molar-refractivity contribution in [1.29, 1.82) is 0 Å². The van der Waals surface area contributed by atoms with Gasteiger partial charge in [-0.1, -0.05) is 11.6 Å². The normalized spacial score (nSPS) is 10.3. The number of carbonyl (C=O) groups excluding carboxylic acids is 1. The smallest absolute Gasteiger partial charge is 0.258 e. The van der Waals surface area contributed by atoms with Gasteiger partial charge in [-0.25, -0.2) is 4.39 Å². The van der Waals surface area contributed by atoms with E-state index in [1.54, 1.807) is 31.2 Å². The number of anilines is 2. The van der Waals surface area contributed by atoms with E-state index in [1.807, 2.05) is 0 Å². The molecule has 0 aromatic heterocycles. The molecule has 0 saturated carbocycles. The summed E-state index contributed by atoms with van der Waals surface area (Å²) >= 11 is 3.27. The topological polar surface area (TPSA) is 55.1 Å². The highest BCUT2D eigenvalue weighted by Crippen LogP contribution is 2.23. The average Bonchev–Trinajstić information content (AvgIpc) is 2.36. The zero-order chi connectivity index (χ0) is 14.0. The highest BCUT2D eigenvalue weighted by atomic mass is 79.9. The fraction of sp³-hybridized carbons (Fsp3) is 0.0714. The minimum Gasteiger partial charge on any atom is -0.398 e. The SMILES string of the molecule is Cc1ccc(F)c(C(=O)Nc2ccc(N)c(Br)c2)c1. The number of halogens is 2. The molecule has 0 bridgehead atoms. The minimum absolute atomic E-state index is 0.0212. The van der Waals surface area contributed by atoms with Gasteiger partial charge in [0.25, 0.3) is 5.91 Å². The molecule has 0 unspecified atom stereocenters. The van der Waals surface area contributed by atoms with Gasteiger partial charge in [0.2, 0.25) is 0 Å². The van der Waals surface area contributed by atoms with Crippen molar-refractivity contribution in [3.05, 3.63) is 57.8 Å². The number of benzene rings is 2. The Labute approximate surface area is 118 Å². The van der Waals surface area contributed by atoms with E-state index >= 15 is 0 Å². The Morgan fingerprint density at radius 2 is 2.00 bits per heavy atom. The number of amides is 1. The molecule has 2 aromatic rings. The molecule has 3 nitrogen and oxygen atoms in total. The largest absolute Gasteiger partial charge is 0.398 e. The van der Waals surface area contributed by atoms with Gasteiger partial charge in [0.05, 0.1) is 5.56 Å². The lowest BCUT2D eigenvalue weighted by atomic mass is 10.1. The van der Waals surface area contributed by atoms with Crippen molar-refractivity contribution in [2.24, 2.45) is 0 Å². The van der Waals surface area contributed by atoms with E-state index < -0.39 is 11.7 Å². The molecule has 1 amide bonds. The van der Waals surface area contributed by atoms with E-state index in [2.05, 4.69) is 21.2 Å². The number of hydrogen-bond donors (Lipinski definition) is 2. The number of aryl methyl sites for hydroxylation is 1. The molecule has 0 radical (unpaired) electrons. The molecule has 2 aromatic carbocycles. The molecule has 0 spiro atoms. The first-order chi connectivity index (χ1) is 8.97. The van der Waals surface area contributed by atoms with E-state index in [1.165, 1.54) is 12.1 Å². The van der Waals surface area contributed by atoms with Crippen molar-refractivity contribution in [3.63, 3.8) is 0 Å². The van der Waals surface area contributed by atoms with Crippen LogP contribution < -0.4 is 11.1 Å². The maximum absolute atomic E-state index is 13.6. The van der Waals surface area contributed by atoms with E-state index in [0.29, 0.717) is 15.8 Å². The summed E-state index contributed by atoms with van der Waals surface area (Å²) in [4.78, 5) is 12.0. The highest BCUT2D eigenvalue weighted by Gasteiger charge is 2.12. The van der Waals surface area contributed by atoms with Crippen LogP contribution in [0, 0.1) is 12.7 Å². The molecule has 98 valence electrons. The first-order valence-electron chi connectivity index (χ1n) is 5.60. The molecule has 0 atom stereocenters. The molecule has 0 aliphatic carbocycles. The van der Waals surface area contributed by atoms with E-state index in [0.717, 1.165) is 5.56 Å². The van der Waals surface area contributed by atoms with Gasteiger partial charge in [-0.15, -0.1) is 0 Å². The first-order valence-corrected chi connectivity index (χ1v) is 6.39. The van der Waals surface area contributed by atoms with Crippen molar-refractivity contribution in [2.75, 3.05) is 11.1 Å². The molecular formula is C14H12BrFN2O. The lowest BCUT2D eigenvalue weighted by Crippen LogP contribution is -2.14. The number of nitrogens with one attached hydrogen (secondary N) is 1. The van der Waals surface area contributed by atoms with Gasteiger partial charge in [0.15, 0.2) is 0 Å². The van der Waals surface area contributed by atoms with Crippen molar-refractivity contribution in [2.45, 2.75) is 6.92 Å². The van der Waals surface area contributed by atoms with Crippen LogP contribution in [0.4, 0.5) is 15.8 Å². The Hall–Kier alpha value is -1.88. The van der Waals surface area contributed by atoms with Crippen LogP contribution in [-0.2, 0) is 0 Å². The van der Waals surface area contributed by atoms with Crippen LogP contribution in [0.25, 0.3) is 0 Å². The van der Waals surface area contributed by atoms with Crippen LogP contribution in [0.5, 0.6) is 0 Å². The van der Waals surface area contributed by atoms with Crippen molar-refractivity contribution >= 4 is 33.2 Å². The fourth-order valence-corrected chi connectivity index (χ4v) is 2.00. The second-order valence-electron chi connectivity index (χ2n) is 4.17. The maximum atomic E-state index is 13.6. The van der Waals surface area contributed by atoms with Crippen LogP contribution in [0.15, 0.2) is 40.9 Å². The second-order valence-corrected chi connectivity index (χ2v) is 5.03. The van der Waals surface area contributed by atoms with Gasteiger partial charge < -0.3 is 11.1 Å². The molecule has 3 N–H and O–H groups in total. The van der Waals surface area contributed by atoms with Gasteiger partial charge in [-0.2, -0.15) is 0 Å². The zero-order valence-corrected chi connectivity index (χ0v) is 11.8. The van der Waals surface area contributed by atoms with Crippen molar-refractivity contribution in [3.8, 4) is 0 Å². The molecular weight excluding hydrogens is 311 g/mol. The fourth-order valence-electron chi connectivity index (χ4n) is 1.62. The monoisotopic (exact) mass is 322 g/mol. The van der Waals surface area contributed by atoms with Crippen molar-refractivity contribution in [1.82, 2.24) is 0 Å². The summed E-state index contributed by atoms with van der Waals surface area (Å²) in [6.07, 6.45) is 0. The molecule has 0 fully saturated rings. The minimum atomic E-state index is -0.544. The van der Waals surface area contributed by atoms with Gasteiger partial charge in [-0.3, -0.25) is 4.79 Å². The van der Waals surface area contributed by atoms with Crippen molar-refractivity contribution < 1.29 is 9.18 Å². The van der Waals surface area contributed by atoms with Gasteiger partial charge in [0, 0.05) is 15.8 Å². The van der Waals surface area contributed by atoms with Crippen LogP contribution in [0.2, 0.25) is 0 Å². The van der Waals surface area contributed by atoms with Crippen LogP contribution in [0.1, 0.15) is 15.9 Å². The van der Waals surface area contributed by atoms with Crippen LogP contribution in [0.3, 0.4) is 0 Å². The van der Waals surface area contributed by atoms with E-state index in [4.69, 9.17) is 5.73 Å². The van der Waals surface area contributed by atoms with Gasteiger partial charge in [0.1, 0.15) is 5.82 Å². The summed E-state index contributed by atoms with van der Waals surface area (Å²) in [5.74, 6) is -1.03. The quantitative estimate of drug-likeness (QED) is 0.828. The summed E-state index contributed by atoms with van der Waals surface area (Å²) < 4.78 is 14.3. The maximum Gasteiger partial charge on any atom is 0.258 e. The van der Waals surface area contributed by atoms with Crippen LogP contribution in [-0.4, -0.2) is 5.91 Å². The average molecular weight is 323 g/mol. The number of nitrogens with two attached hydrogens (primary N) is 1. The van der Waals surface area contributed by atoms with E-state index in [9.17, 15) is 9.18 Å². The summed E-state index contributed by atoms with van der Waals surface area (Å²) in [6.45, 7) is 1.80. The zero-order valence-electron chi connectivity index (χ0n) is 10.2. The standard InChI is InChI=1S/C14H12BrFN2O/c1-8-2-4-12(16)10(6-8)14(19)18-9-3-5-13(17)11(15)7-9/h2-7H,17H2,1H3,(H,18,19). The number of nitrogen functional groups attached to an aromatic ring is 1. The molecule has 0 aliphatic rings. The molecule has 0 saturated heterocycles. The number of carbonyl (C=O) groups is 1. The van der Waals surface area contributed by atoms with Gasteiger partial charge in [-0.05, 0) is 53.2 Å². The number of hydrogen-bond acceptors (Lipinski definition) is 2. The summed E-state index contributed by atoms with van der Waals surface area (Å²) in [6, 6.07) is 9.39. The number of rotatable bonds is 2. The Kier molecular flexibility index (Phi) is 3.85. The summed E-state index contributed by atoms with van der Waals surface area (Å²) in [5, 5.41) is 2.63. The third-order valence-electron chi connectivity index (χ3n) is 2.62. The second kappa shape index (κ2) is 5.40. The predicted octanol–water partition coefficient (Wildman–Crippen LogP) is 3.73. The third kappa shape index (κ3) is 3.12. The Morgan fingerprint density at radius 1 is 1.26 bits per heavy atom. The molecule has 5 heteroatoms. The lowest BCUT2D eigenvalue weighted by molar-refractivity contribution is 0.102. The summed E-state index contributed by atoms with van der Waals surface area (Å²) in [5.41, 5.74) is 7.62. The van der Waals surface area contributed by atoms with E-state index in [-0.39, 0.29) is 5.56 Å². The summed E-state index contributed by atoms with van der Waals surface area (Å²) in [7, 11) is 0. The Morgan fingerprint density at radius 3 is 2.68 bits per heavy atom. The molecule has 2 rings (SSSR count). The predicted molar refractivity (Wildman–Crippen MR) is 77.6 cm³/mol. The molecule has 0 heterocycles. The van der Waals surface area contributed by atoms with Crippen LogP contribution >= 0.6 is 15.9 Å². The molecule has 19 heavy (non-hydrogen) atoms. The lowest BCUT2D eigenvalue weighted by Gasteiger charge is -2.08. The Bertz CT molecular complexity index is 643. The Balaban J connectivity index is 2.25. The molecule has 0 aliphatic heterocycles. The highest BCUT2D eigenvalue weighted by molar-refractivity contribution is 9.10. The third-order valence-corrected chi connectivity index (χ3v) is 3.31.